The first kappa shape index (κ1) is 19.1. The minimum atomic E-state index is -1.12. The van der Waals surface area contributed by atoms with Crippen LogP contribution in [0.2, 0.25) is 0 Å². The average molecular weight is 373 g/mol. The molecule has 2 aromatic rings. The van der Waals surface area contributed by atoms with Crippen LogP contribution in [0.4, 0.5) is 0 Å². The summed E-state index contributed by atoms with van der Waals surface area (Å²) in [6.45, 7) is 8.67. The Bertz CT molecular complexity index is 866. The third-order valence-corrected chi connectivity index (χ3v) is 5.32. The number of carboxylic acids is 1. The van der Waals surface area contributed by atoms with E-state index in [1.54, 1.807) is 40.6 Å². The molecule has 0 saturated carbocycles. The van der Waals surface area contributed by atoms with E-state index in [0.717, 1.165) is 5.69 Å². The number of rotatable bonds is 3. The maximum atomic E-state index is 12.8. The molecule has 3 heterocycles. The monoisotopic (exact) mass is 373 g/mol. The van der Waals surface area contributed by atoms with Crippen molar-refractivity contribution in [3.63, 3.8) is 0 Å². The van der Waals surface area contributed by atoms with E-state index in [9.17, 15) is 14.7 Å². The number of nitrogens with zero attached hydrogens (tertiary/aromatic N) is 5. The van der Waals surface area contributed by atoms with Crippen molar-refractivity contribution in [1.82, 2.24) is 24.5 Å². The van der Waals surface area contributed by atoms with Crippen LogP contribution < -0.4 is 0 Å². The molecule has 0 spiro atoms. The second kappa shape index (κ2) is 6.51. The van der Waals surface area contributed by atoms with Crippen molar-refractivity contribution >= 4 is 11.9 Å². The van der Waals surface area contributed by atoms with Gasteiger partial charge in [-0.15, -0.1) is 0 Å². The molecule has 8 nitrogen and oxygen atoms in total. The summed E-state index contributed by atoms with van der Waals surface area (Å²) in [5.74, 6) is -1.01. The van der Waals surface area contributed by atoms with Crippen molar-refractivity contribution in [2.75, 3.05) is 13.1 Å². The molecule has 0 atom stereocenters. The topological polar surface area (TPSA) is 93.3 Å². The maximum Gasteiger partial charge on any atom is 0.331 e. The van der Waals surface area contributed by atoms with Crippen LogP contribution in [0.5, 0.6) is 0 Å². The first-order valence-electron chi connectivity index (χ1n) is 9.14. The van der Waals surface area contributed by atoms with Crippen molar-refractivity contribution in [3.05, 3.63) is 35.4 Å². The van der Waals surface area contributed by atoms with Gasteiger partial charge in [0.05, 0.1) is 17.0 Å². The third kappa shape index (κ3) is 3.36. The molecule has 146 valence electrons. The number of aryl methyl sites for hydroxylation is 2. The summed E-state index contributed by atoms with van der Waals surface area (Å²) in [6, 6.07) is 1.88. The highest BCUT2D eigenvalue weighted by molar-refractivity contribution is 5.95. The number of likely N-dealkylation sites (tertiary alicyclic amines) is 1. The van der Waals surface area contributed by atoms with E-state index < -0.39 is 11.5 Å². The van der Waals surface area contributed by atoms with Crippen LogP contribution in [0.3, 0.4) is 0 Å². The fourth-order valence-corrected chi connectivity index (χ4v) is 3.56. The number of carboxylic acid groups (broad SMARTS) is 1. The molecule has 1 saturated heterocycles. The predicted molar refractivity (Wildman–Crippen MR) is 99.6 cm³/mol. The van der Waals surface area contributed by atoms with Crippen molar-refractivity contribution in [2.24, 2.45) is 7.05 Å². The molecule has 2 aromatic heterocycles. The SMILES string of the molecule is Cc1nn(C)cc1C(=O)N1CCC(C(=O)O)(n2ccc(C(C)(C)C)n2)CC1. The molecule has 0 aromatic carbocycles. The van der Waals surface area contributed by atoms with E-state index in [0.29, 0.717) is 37.2 Å². The van der Waals surface area contributed by atoms with Crippen molar-refractivity contribution in [2.45, 2.75) is 51.5 Å². The van der Waals surface area contributed by atoms with Crippen LogP contribution in [-0.4, -0.2) is 54.5 Å². The van der Waals surface area contributed by atoms with Gasteiger partial charge in [0.1, 0.15) is 0 Å². The van der Waals surface area contributed by atoms with Crippen LogP contribution in [0.1, 0.15) is 55.4 Å². The zero-order valence-corrected chi connectivity index (χ0v) is 16.6. The molecule has 1 aliphatic heterocycles. The Balaban J connectivity index is 1.82. The van der Waals surface area contributed by atoms with Gasteiger partial charge in [-0.05, 0) is 13.0 Å². The van der Waals surface area contributed by atoms with E-state index in [2.05, 4.69) is 10.2 Å². The smallest absolute Gasteiger partial charge is 0.331 e. The molecule has 27 heavy (non-hydrogen) atoms. The maximum absolute atomic E-state index is 12.8. The van der Waals surface area contributed by atoms with E-state index in [1.807, 2.05) is 26.8 Å². The average Bonchev–Trinajstić information content (AvgIpc) is 3.21. The summed E-state index contributed by atoms with van der Waals surface area (Å²) < 4.78 is 3.19. The molecule has 3 rings (SSSR count). The minimum Gasteiger partial charge on any atom is -0.479 e. The second-order valence-electron chi connectivity index (χ2n) is 8.33. The van der Waals surface area contributed by atoms with Gasteiger partial charge in [0, 0.05) is 50.8 Å². The Labute approximate surface area is 158 Å². The van der Waals surface area contributed by atoms with Gasteiger partial charge in [-0.3, -0.25) is 14.2 Å². The Morgan fingerprint density at radius 3 is 2.26 bits per heavy atom. The third-order valence-electron chi connectivity index (χ3n) is 5.32. The molecule has 1 aliphatic rings. The first-order chi connectivity index (χ1) is 12.5. The summed E-state index contributed by atoms with van der Waals surface area (Å²) in [5.41, 5.74) is 0.825. The molecule has 0 bridgehead atoms. The standard InChI is InChI=1S/C19H27N5O3/c1-13-14(12-22(5)20-13)16(25)23-10-7-19(8-11-23,17(26)27)24-9-6-15(21-24)18(2,3)4/h6,9,12H,7-8,10-11H2,1-5H3,(H,26,27). The molecule has 0 aliphatic carbocycles. The number of aliphatic carboxylic acids is 1. The molecule has 0 unspecified atom stereocenters. The fourth-order valence-electron chi connectivity index (χ4n) is 3.56. The summed E-state index contributed by atoms with van der Waals surface area (Å²) in [5, 5.41) is 18.7. The fraction of sp³-hybridized carbons (Fsp3) is 0.579. The van der Waals surface area contributed by atoms with E-state index in [1.165, 1.54) is 0 Å². The lowest BCUT2D eigenvalue weighted by molar-refractivity contribution is -0.150. The van der Waals surface area contributed by atoms with Crippen LogP contribution in [0.25, 0.3) is 0 Å². The molecule has 1 N–H and O–H groups in total. The van der Waals surface area contributed by atoms with Gasteiger partial charge in [0.15, 0.2) is 5.54 Å². The lowest BCUT2D eigenvalue weighted by atomic mass is 9.87. The van der Waals surface area contributed by atoms with Gasteiger partial charge in [0.2, 0.25) is 0 Å². The van der Waals surface area contributed by atoms with Crippen LogP contribution in [-0.2, 0) is 22.8 Å². The van der Waals surface area contributed by atoms with Gasteiger partial charge in [-0.2, -0.15) is 10.2 Å². The van der Waals surface area contributed by atoms with Gasteiger partial charge in [-0.25, -0.2) is 4.79 Å². The van der Waals surface area contributed by atoms with Crippen LogP contribution in [0, 0.1) is 6.92 Å². The summed E-state index contributed by atoms with van der Waals surface area (Å²) in [6.07, 6.45) is 4.09. The van der Waals surface area contributed by atoms with Crippen molar-refractivity contribution in [1.29, 1.82) is 0 Å². The van der Waals surface area contributed by atoms with E-state index >= 15 is 0 Å². The van der Waals surface area contributed by atoms with Crippen LogP contribution >= 0.6 is 0 Å². The number of hydrogen-bond acceptors (Lipinski definition) is 4. The summed E-state index contributed by atoms with van der Waals surface area (Å²) in [4.78, 5) is 26.7. The Kier molecular flexibility index (Phi) is 4.61. The number of carbonyl (C=O) groups is 2. The van der Waals surface area contributed by atoms with Crippen LogP contribution in [0.15, 0.2) is 18.5 Å². The number of piperidine rings is 1. The summed E-state index contributed by atoms with van der Waals surface area (Å²) in [7, 11) is 1.78. The highest BCUT2D eigenvalue weighted by atomic mass is 16.4. The van der Waals surface area contributed by atoms with Gasteiger partial charge in [-0.1, -0.05) is 20.8 Å². The Hall–Kier alpha value is -2.64. The molecule has 1 amide bonds. The lowest BCUT2D eigenvalue weighted by Crippen LogP contribution is -2.52. The molecule has 1 fully saturated rings. The molecular weight excluding hydrogens is 346 g/mol. The number of aromatic nitrogens is 4. The number of amides is 1. The lowest BCUT2D eigenvalue weighted by Gasteiger charge is -2.39. The summed E-state index contributed by atoms with van der Waals surface area (Å²) >= 11 is 0. The van der Waals surface area contributed by atoms with Gasteiger partial charge in [0.25, 0.3) is 5.91 Å². The minimum absolute atomic E-state index is 0.101. The Morgan fingerprint density at radius 2 is 1.81 bits per heavy atom. The first-order valence-corrected chi connectivity index (χ1v) is 9.14. The zero-order chi connectivity index (χ0) is 20.0. The van der Waals surface area contributed by atoms with Gasteiger partial charge < -0.3 is 10.0 Å². The van der Waals surface area contributed by atoms with Gasteiger partial charge >= 0.3 is 5.97 Å². The largest absolute Gasteiger partial charge is 0.479 e. The highest BCUT2D eigenvalue weighted by Gasteiger charge is 2.45. The molecule has 0 radical (unpaired) electrons. The second-order valence-corrected chi connectivity index (χ2v) is 8.33. The molecular formula is C19H27N5O3. The highest BCUT2D eigenvalue weighted by Crippen LogP contribution is 2.32. The number of carbonyl (C=O) groups excluding carboxylic acids is 1. The predicted octanol–water partition coefficient (Wildman–Crippen LogP) is 1.94. The normalized spacial score (nSPS) is 17.1. The number of hydrogen-bond donors (Lipinski definition) is 1. The van der Waals surface area contributed by atoms with E-state index in [4.69, 9.17) is 0 Å². The molecule has 8 heteroatoms. The van der Waals surface area contributed by atoms with E-state index in [-0.39, 0.29) is 11.3 Å². The van der Waals surface area contributed by atoms with Crippen molar-refractivity contribution in [3.8, 4) is 0 Å². The van der Waals surface area contributed by atoms with Crippen molar-refractivity contribution < 1.29 is 14.7 Å². The zero-order valence-electron chi connectivity index (χ0n) is 16.6. The Morgan fingerprint density at radius 1 is 1.19 bits per heavy atom. The quantitative estimate of drug-likeness (QED) is 0.887.